The van der Waals surface area contributed by atoms with Gasteiger partial charge < -0.3 is 9.30 Å². The highest BCUT2D eigenvalue weighted by Crippen LogP contribution is 2.38. The van der Waals surface area contributed by atoms with Crippen LogP contribution in [0.2, 0.25) is 0 Å². The van der Waals surface area contributed by atoms with Crippen LogP contribution in [0.3, 0.4) is 0 Å². The first-order chi connectivity index (χ1) is 15.9. The summed E-state index contributed by atoms with van der Waals surface area (Å²) < 4.78 is 37.3. The number of benzene rings is 3. The molecule has 1 N–H and O–H groups in total. The first kappa shape index (κ1) is 22.4. The molecule has 6 nitrogen and oxygen atoms in total. The van der Waals surface area contributed by atoms with Crippen molar-refractivity contribution in [3.05, 3.63) is 102 Å². The van der Waals surface area contributed by atoms with Gasteiger partial charge in [0.1, 0.15) is 10.5 Å². The van der Waals surface area contributed by atoms with E-state index in [2.05, 4.69) is 4.72 Å². The highest BCUT2D eigenvalue weighted by Gasteiger charge is 2.35. The van der Waals surface area contributed by atoms with Crippen LogP contribution < -0.4 is 4.72 Å². The summed E-state index contributed by atoms with van der Waals surface area (Å²) in [6.45, 7) is 3.55. The molecule has 0 bridgehead atoms. The average molecular weight is 461 g/mol. The number of nitrogens with zero attached hydrogens (tertiary/aromatic N) is 1. The molecule has 168 valence electrons. The number of esters is 1. The highest BCUT2D eigenvalue weighted by molar-refractivity contribution is 7.93. The summed E-state index contributed by atoms with van der Waals surface area (Å²) in [4.78, 5) is 13.0. The van der Waals surface area contributed by atoms with Gasteiger partial charge in [-0.05, 0) is 43.7 Å². The Kier molecular flexibility index (Phi) is 6.33. The van der Waals surface area contributed by atoms with E-state index in [4.69, 9.17) is 4.74 Å². The smallest absolute Gasteiger partial charge is 0.341 e. The number of anilines is 1. The molecular weight excluding hydrogens is 436 g/mol. The predicted molar refractivity (Wildman–Crippen MR) is 129 cm³/mol. The molecule has 3 aromatic carbocycles. The molecule has 4 rings (SSSR count). The molecule has 0 aliphatic carbocycles. The van der Waals surface area contributed by atoms with E-state index in [0.29, 0.717) is 22.6 Å². The first-order valence-corrected chi connectivity index (χ1v) is 12.0. The monoisotopic (exact) mass is 460 g/mol. The third kappa shape index (κ3) is 4.40. The third-order valence-corrected chi connectivity index (χ3v) is 6.64. The van der Waals surface area contributed by atoms with Gasteiger partial charge in [-0.3, -0.25) is 4.72 Å². The van der Waals surface area contributed by atoms with E-state index in [1.165, 1.54) is 0 Å². The molecule has 0 aliphatic rings. The van der Waals surface area contributed by atoms with Gasteiger partial charge in [0.2, 0.25) is 0 Å². The van der Waals surface area contributed by atoms with Crippen LogP contribution in [0.25, 0.3) is 16.9 Å². The Morgan fingerprint density at radius 2 is 1.42 bits per heavy atom. The molecule has 0 radical (unpaired) electrons. The summed E-state index contributed by atoms with van der Waals surface area (Å²) in [5.74, 6) is -0.685. The van der Waals surface area contributed by atoms with Gasteiger partial charge in [-0.1, -0.05) is 66.7 Å². The number of rotatable bonds is 7. The average Bonchev–Trinajstić information content (AvgIpc) is 3.14. The van der Waals surface area contributed by atoms with Gasteiger partial charge in [-0.25, -0.2) is 13.2 Å². The van der Waals surface area contributed by atoms with Crippen molar-refractivity contribution in [2.75, 3.05) is 11.3 Å². The normalized spacial score (nSPS) is 11.2. The van der Waals surface area contributed by atoms with Crippen molar-refractivity contribution in [1.29, 1.82) is 0 Å². The van der Waals surface area contributed by atoms with Crippen LogP contribution in [0.5, 0.6) is 0 Å². The zero-order valence-electron chi connectivity index (χ0n) is 18.4. The van der Waals surface area contributed by atoms with E-state index in [9.17, 15) is 13.2 Å². The fourth-order valence-corrected chi connectivity index (χ4v) is 5.35. The summed E-state index contributed by atoms with van der Waals surface area (Å²) in [6, 6.07) is 27.1. The van der Waals surface area contributed by atoms with Gasteiger partial charge >= 0.3 is 5.97 Å². The Bertz CT molecular complexity index is 1360. The van der Waals surface area contributed by atoms with Crippen LogP contribution in [-0.4, -0.2) is 25.6 Å². The molecule has 1 heterocycles. The SMILES string of the molecule is CCOC(=O)c1c(S(=O)(=O)Nc2ccccc2)c(-c2ccccc2)n(-c2ccccc2)c1C. The van der Waals surface area contributed by atoms with Gasteiger partial charge in [-0.2, -0.15) is 0 Å². The minimum absolute atomic E-state index is 0.0167. The molecule has 33 heavy (non-hydrogen) atoms. The van der Waals surface area contributed by atoms with E-state index >= 15 is 0 Å². The van der Waals surface area contributed by atoms with Crippen LogP contribution in [0.4, 0.5) is 5.69 Å². The third-order valence-electron chi connectivity index (χ3n) is 5.20. The lowest BCUT2D eigenvalue weighted by Crippen LogP contribution is -2.18. The number of ether oxygens (including phenoxy) is 1. The van der Waals surface area contributed by atoms with Crippen LogP contribution in [0, 0.1) is 6.92 Å². The second kappa shape index (κ2) is 9.34. The van der Waals surface area contributed by atoms with Crippen molar-refractivity contribution >= 4 is 21.7 Å². The fraction of sp³-hybridized carbons (Fsp3) is 0.115. The number of nitrogens with one attached hydrogen (secondary N) is 1. The number of carbonyl (C=O) groups is 1. The van der Waals surface area contributed by atoms with Gasteiger partial charge in [0, 0.05) is 17.1 Å². The van der Waals surface area contributed by atoms with E-state index in [1.54, 1.807) is 48.7 Å². The van der Waals surface area contributed by atoms with Crippen molar-refractivity contribution < 1.29 is 17.9 Å². The maximum Gasteiger partial charge on any atom is 0.341 e. The van der Waals surface area contributed by atoms with Gasteiger partial charge in [-0.15, -0.1) is 0 Å². The van der Waals surface area contributed by atoms with E-state index in [1.807, 2.05) is 60.7 Å². The number of sulfonamides is 1. The minimum Gasteiger partial charge on any atom is -0.462 e. The van der Waals surface area contributed by atoms with Gasteiger partial charge in [0.15, 0.2) is 0 Å². The molecule has 0 aliphatic heterocycles. The van der Waals surface area contributed by atoms with Crippen LogP contribution in [-0.2, 0) is 14.8 Å². The first-order valence-electron chi connectivity index (χ1n) is 10.5. The number of para-hydroxylation sites is 2. The molecular formula is C26H24N2O4S. The van der Waals surface area contributed by atoms with Gasteiger partial charge in [0.25, 0.3) is 10.0 Å². The topological polar surface area (TPSA) is 77.4 Å². The maximum atomic E-state index is 13.8. The van der Waals surface area contributed by atoms with Crippen molar-refractivity contribution in [3.8, 4) is 16.9 Å². The fourth-order valence-electron chi connectivity index (χ4n) is 3.84. The molecule has 0 fully saturated rings. The van der Waals surface area contributed by atoms with Crippen LogP contribution in [0.15, 0.2) is 95.9 Å². The van der Waals surface area contributed by atoms with Crippen LogP contribution in [0.1, 0.15) is 23.0 Å². The van der Waals surface area contributed by atoms with Crippen LogP contribution >= 0.6 is 0 Å². The summed E-state index contributed by atoms with van der Waals surface area (Å²) in [6.07, 6.45) is 0. The molecule has 4 aromatic rings. The predicted octanol–water partition coefficient (Wildman–Crippen LogP) is 5.43. The van der Waals surface area contributed by atoms with E-state index in [-0.39, 0.29) is 17.1 Å². The molecule has 7 heteroatoms. The molecule has 0 saturated heterocycles. The number of hydrogen-bond acceptors (Lipinski definition) is 4. The van der Waals surface area contributed by atoms with E-state index in [0.717, 1.165) is 5.69 Å². The molecule has 0 spiro atoms. The lowest BCUT2D eigenvalue weighted by Gasteiger charge is -2.14. The molecule has 0 atom stereocenters. The van der Waals surface area contributed by atoms with Crippen molar-refractivity contribution in [3.63, 3.8) is 0 Å². The zero-order valence-corrected chi connectivity index (χ0v) is 19.2. The van der Waals surface area contributed by atoms with E-state index < -0.39 is 16.0 Å². The number of aromatic nitrogens is 1. The molecule has 0 saturated carbocycles. The Balaban J connectivity index is 2.08. The Morgan fingerprint density at radius 3 is 2.00 bits per heavy atom. The second-order valence-electron chi connectivity index (χ2n) is 7.37. The lowest BCUT2D eigenvalue weighted by molar-refractivity contribution is 0.0521. The van der Waals surface area contributed by atoms with Crippen molar-refractivity contribution in [2.24, 2.45) is 0 Å². The second-order valence-corrected chi connectivity index (χ2v) is 8.99. The Hall–Kier alpha value is -3.84. The molecule has 0 amide bonds. The van der Waals surface area contributed by atoms with Crippen molar-refractivity contribution in [1.82, 2.24) is 4.57 Å². The summed E-state index contributed by atoms with van der Waals surface area (Å²) in [5, 5.41) is 0. The molecule has 0 unspecified atom stereocenters. The number of hydrogen-bond donors (Lipinski definition) is 1. The number of carbonyl (C=O) groups excluding carboxylic acids is 1. The molecule has 1 aromatic heterocycles. The standard InChI is InChI=1S/C26H24N2O4S/c1-3-32-26(29)23-19(2)28(22-17-11-6-12-18-22)24(20-13-7-4-8-14-20)25(23)33(30,31)27-21-15-9-5-10-16-21/h4-18,27H,3H2,1-2H3. The maximum absolute atomic E-state index is 13.8. The van der Waals surface area contributed by atoms with Crippen molar-refractivity contribution in [2.45, 2.75) is 18.7 Å². The summed E-state index contributed by atoms with van der Waals surface area (Å²) >= 11 is 0. The Labute approximate surface area is 193 Å². The summed E-state index contributed by atoms with van der Waals surface area (Å²) in [5.41, 5.74) is 2.69. The minimum atomic E-state index is -4.17. The zero-order chi connectivity index (χ0) is 23.4. The lowest BCUT2D eigenvalue weighted by atomic mass is 10.1. The highest BCUT2D eigenvalue weighted by atomic mass is 32.2. The Morgan fingerprint density at radius 1 is 0.879 bits per heavy atom. The largest absolute Gasteiger partial charge is 0.462 e. The quantitative estimate of drug-likeness (QED) is 0.373. The summed E-state index contributed by atoms with van der Waals surface area (Å²) in [7, 11) is -4.17. The van der Waals surface area contributed by atoms with Gasteiger partial charge in [0.05, 0.1) is 12.3 Å².